The fourth-order valence-corrected chi connectivity index (χ4v) is 2.92. The molecule has 3 nitrogen and oxygen atoms in total. The molecule has 0 atom stereocenters. The molecule has 1 heterocycles. The maximum atomic E-state index is 12.8. The second-order valence-corrected chi connectivity index (χ2v) is 6.00. The quantitative estimate of drug-likeness (QED) is 0.450. The van der Waals surface area contributed by atoms with E-state index in [0.29, 0.717) is 21.3 Å². The van der Waals surface area contributed by atoms with Crippen molar-refractivity contribution in [3.63, 3.8) is 0 Å². The van der Waals surface area contributed by atoms with Crippen molar-refractivity contribution in [2.75, 3.05) is 0 Å². The lowest BCUT2D eigenvalue weighted by Crippen LogP contribution is -2.08. The first-order chi connectivity index (χ1) is 11.6. The molecule has 0 aliphatic carbocycles. The summed E-state index contributed by atoms with van der Waals surface area (Å²) in [4.78, 5) is 17.2. The third-order valence-electron chi connectivity index (χ3n) is 3.61. The first-order valence-corrected chi connectivity index (χ1v) is 8.11. The van der Waals surface area contributed by atoms with E-state index in [9.17, 15) is 4.79 Å². The molecule has 0 aliphatic heterocycles. The van der Waals surface area contributed by atoms with E-state index < -0.39 is 0 Å². The second-order valence-electron chi connectivity index (χ2n) is 5.16. The molecule has 0 saturated heterocycles. The topological polar surface area (TPSA) is 34.9 Å². The standard InChI is InChI=1S/C19H14Cl2N2O/c1-2-18(19(24)15-9-8-14(20)10-16(15)21)23-11-17(22-12-23)13-6-4-3-5-7-13/h2-12H,1H3/b18-2-. The van der Waals surface area contributed by atoms with Gasteiger partial charge in [-0.3, -0.25) is 4.79 Å². The van der Waals surface area contributed by atoms with Crippen LogP contribution in [0.15, 0.2) is 67.1 Å². The van der Waals surface area contributed by atoms with Gasteiger partial charge in [-0.25, -0.2) is 4.98 Å². The summed E-state index contributed by atoms with van der Waals surface area (Å²) in [5.41, 5.74) is 2.67. The summed E-state index contributed by atoms with van der Waals surface area (Å²) in [6.45, 7) is 1.80. The van der Waals surface area contributed by atoms with E-state index >= 15 is 0 Å². The summed E-state index contributed by atoms with van der Waals surface area (Å²) >= 11 is 12.1. The van der Waals surface area contributed by atoms with Crippen LogP contribution in [0.1, 0.15) is 17.3 Å². The summed E-state index contributed by atoms with van der Waals surface area (Å²) in [6, 6.07) is 14.6. The van der Waals surface area contributed by atoms with Crippen molar-refractivity contribution in [1.82, 2.24) is 9.55 Å². The summed E-state index contributed by atoms with van der Waals surface area (Å²) in [5, 5.41) is 0.822. The second kappa shape index (κ2) is 7.04. The highest BCUT2D eigenvalue weighted by molar-refractivity contribution is 6.39. The predicted molar refractivity (Wildman–Crippen MR) is 98.4 cm³/mol. The van der Waals surface area contributed by atoms with Crippen molar-refractivity contribution in [3.8, 4) is 11.3 Å². The Bertz CT molecular complexity index is 914. The number of nitrogens with zero attached hydrogens (tertiary/aromatic N) is 2. The van der Waals surface area contributed by atoms with Crippen LogP contribution >= 0.6 is 23.2 Å². The van der Waals surface area contributed by atoms with Crippen molar-refractivity contribution < 1.29 is 4.79 Å². The van der Waals surface area contributed by atoms with Crippen molar-refractivity contribution in [1.29, 1.82) is 0 Å². The molecule has 3 aromatic rings. The van der Waals surface area contributed by atoms with Crippen LogP contribution in [0.2, 0.25) is 10.0 Å². The number of hydrogen-bond acceptors (Lipinski definition) is 2. The summed E-state index contributed by atoms with van der Waals surface area (Å²) in [7, 11) is 0. The number of hydrogen-bond donors (Lipinski definition) is 0. The summed E-state index contributed by atoms with van der Waals surface area (Å²) in [5.74, 6) is -0.184. The number of halogens is 2. The smallest absolute Gasteiger partial charge is 0.210 e. The molecule has 0 fully saturated rings. The molecule has 0 bridgehead atoms. The van der Waals surface area contributed by atoms with Crippen LogP contribution in [0.3, 0.4) is 0 Å². The largest absolute Gasteiger partial charge is 0.302 e. The monoisotopic (exact) mass is 356 g/mol. The van der Waals surface area contributed by atoms with E-state index in [0.717, 1.165) is 11.3 Å². The van der Waals surface area contributed by atoms with Gasteiger partial charge in [0.1, 0.15) is 6.33 Å². The number of benzene rings is 2. The Hall–Kier alpha value is -2.36. The number of rotatable bonds is 4. The Morgan fingerprint density at radius 3 is 2.54 bits per heavy atom. The van der Waals surface area contributed by atoms with Gasteiger partial charge >= 0.3 is 0 Å². The highest BCUT2D eigenvalue weighted by Gasteiger charge is 2.17. The van der Waals surface area contributed by atoms with Crippen LogP contribution < -0.4 is 0 Å². The number of Topliss-reactive ketones (excluding diaryl/α,β-unsaturated/α-hetero) is 1. The maximum Gasteiger partial charge on any atom is 0.210 e. The Balaban J connectivity index is 1.95. The molecule has 0 amide bonds. The average molecular weight is 357 g/mol. The Kier molecular flexibility index (Phi) is 4.84. The zero-order valence-electron chi connectivity index (χ0n) is 12.9. The number of carbonyl (C=O) groups is 1. The van der Waals surface area contributed by atoms with Crippen LogP contribution in [0.5, 0.6) is 0 Å². The van der Waals surface area contributed by atoms with Crippen LogP contribution in [0, 0.1) is 0 Å². The Morgan fingerprint density at radius 1 is 1.12 bits per heavy atom. The van der Waals surface area contributed by atoms with Crippen LogP contribution in [0.25, 0.3) is 17.0 Å². The number of aromatic nitrogens is 2. The van der Waals surface area contributed by atoms with E-state index in [1.165, 1.54) is 0 Å². The molecule has 0 aliphatic rings. The zero-order chi connectivity index (χ0) is 17.1. The maximum absolute atomic E-state index is 12.8. The van der Waals surface area contributed by atoms with Crippen molar-refractivity contribution in [2.24, 2.45) is 0 Å². The number of imidazole rings is 1. The van der Waals surface area contributed by atoms with Crippen LogP contribution in [-0.2, 0) is 0 Å². The SMILES string of the molecule is C/C=C(/C(=O)c1ccc(Cl)cc1Cl)n1cnc(-c2ccccc2)c1. The van der Waals surface area contributed by atoms with E-state index in [1.54, 1.807) is 42.1 Å². The molecule has 5 heteroatoms. The zero-order valence-corrected chi connectivity index (χ0v) is 14.4. The molecule has 0 spiro atoms. The lowest BCUT2D eigenvalue weighted by Gasteiger charge is -2.08. The fraction of sp³-hybridized carbons (Fsp3) is 0.0526. The van der Waals surface area contributed by atoms with Gasteiger partial charge in [0, 0.05) is 22.3 Å². The van der Waals surface area contributed by atoms with Gasteiger partial charge in [-0.15, -0.1) is 0 Å². The molecule has 0 saturated carbocycles. The number of ketones is 1. The van der Waals surface area contributed by atoms with E-state index in [4.69, 9.17) is 23.2 Å². The van der Waals surface area contributed by atoms with Gasteiger partial charge in [-0.2, -0.15) is 0 Å². The number of carbonyl (C=O) groups excluding carboxylic acids is 1. The van der Waals surface area contributed by atoms with E-state index in [1.807, 2.05) is 36.5 Å². The molecule has 24 heavy (non-hydrogen) atoms. The van der Waals surface area contributed by atoms with Crippen molar-refractivity contribution in [2.45, 2.75) is 6.92 Å². The first kappa shape index (κ1) is 16.5. The lowest BCUT2D eigenvalue weighted by atomic mass is 10.1. The third-order valence-corrected chi connectivity index (χ3v) is 4.16. The molecule has 1 aromatic heterocycles. The van der Waals surface area contributed by atoms with Gasteiger partial charge in [0.15, 0.2) is 0 Å². The molecular formula is C19H14Cl2N2O. The van der Waals surface area contributed by atoms with Gasteiger partial charge in [-0.05, 0) is 25.1 Å². The molecule has 0 N–H and O–H groups in total. The molecule has 3 rings (SSSR count). The van der Waals surface area contributed by atoms with E-state index in [2.05, 4.69) is 4.98 Å². The number of allylic oxidation sites excluding steroid dienone is 2. The summed E-state index contributed by atoms with van der Waals surface area (Å²) < 4.78 is 1.70. The van der Waals surface area contributed by atoms with Gasteiger partial charge in [0.2, 0.25) is 5.78 Å². The Labute approximate surface area is 150 Å². The first-order valence-electron chi connectivity index (χ1n) is 7.36. The minimum absolute atomic E-state index is 0.184. The fourth-order valence-electron chi connectivity index (χ4n) is 2.42. The van der Waals surface area contributed by atoms with Gasteiger partial charge in [0.25, 0.3) is 0 Å². The minimum Gasteiger partial charge on any atom is -0.302 e. The van der Waals surface area contributed by atoms with Crippen LogP contribution in [-0.4, -0.2) is 15.3 Å². The third kappa shape index (κ3) is 3.28. The molecule has 2 aromatic carbocycles. The van der Waals surface area contributed by atoms with Gasteiger partial charge in [-0.1, -0.05) is 59.6 Å². The average Bonchev–Trinajstić information content (AvgIpc) is 3.06. The van der Waals surface area contributed by atoms with Crippen molar-refractivity contribution in [3.05, 3.63) is 82.7 Å². The molecule has 0 unspecified atom stereocenters. The highest BCUT2D eigenvalue weighted by Crippen LogP contribution is 2.26. The molecule has 0 radical (unpaired) electrons. The minimum atomic E-state index is -0.184. The normalized spacial score (nSPS) is 11.5. The lowest BCUT2D eigenvalue weighted by molar-refractivity contribution is 0.105. The van der Waals surface area contributed by atoms with Gasteiger partial charge in [0.05, 0.1) is 16.4 Å². The van der Waals surface area contributed by atoms with Crippen LogP contribution in [0.4, 0.5) is 0 Å². The molecular weight excluding hydrogens is 343 g/mol. The van der Waals surface area contributed by atoms with E-state index in [-0.39, 0.29) is 5.78 Å². The highest BCUT2D eigenvalue weighted by atomic mass is 35.5. The van der Waals surface area contributed by atoms with Crippen molar-refractivity contribution >= 4 is 34.7 Å². The molecule has 120 valence electrons. The summed E-state index contributed by atoms with van der Waals surface area (Å²) in [6.07, 6.45) is 5.19. The Morgan fingerprint density at radius 2 is 1.88 bits per heavy atom. The predicted octanol–water partition coefficient (Wildman–Crippen LogP) is 5.60. The van der Waals surface area contributed by atoms with Gasteiger partial charge < -0.3 is 4.57 Å².